The molecule has 2 nitrogen and oxygen atoms in total. The molecule has 0 radical (unpaired) electrons. The molecule has 0 amide bonds. The highest BCUT2D eigenvalue weighted by atomic mass is 35.5. The summed E-state index contributed by atoms with van der Waals surface area (Å²) in [7, 11) is 0. The van der Waals surface area contributed by atoms with Crippen LogP contribution < -0.4 is 5.32 Å². The molecule has 0 bridgehead atoms. The third-order valence-corrected chi connectivity index (χ3v) is 2.80. The molecule has 2 aromatic rings. The summed E-state index contributed by atoms with van der Waals surface area (Å²) in [6.45, 7) is 2.65. The van der Waals surface area contributed by atoms with Crippen molar-refractivity contribution in [2.75, 3.05) is 5.32 Å². The van der Waals surface area contributed by atoms with E-state index in [0.29, 0.717) is 6.54 Å². The average Bonchev–Trinajstić information content (AvgIpc) is 2.32. The lowest BCUT2D eigenvalue weighted by Crippen LogP contribution is -1.99. The van der Waals surface area contributed by atoms with Crippen LogP contribution >= 0.6 is 11.6 Å². The van der Waals surface area contributed by atoms with Gasteiger partial charge in [0.1, 0.15) is 5.75 Å². The molecule has 0 saturated carbocycles. The van der Waals surface area contributed by atoms with Crippen molar-refractivity contribution in [3.63, 3.8) is 0 Å². The smallest absolute Gasteiger partial charge is 0.138 e. The summed E-state index contributed by atoms with van der Waals surface area (Å²) in [4.78, 5) is 0. The van der Waals surface area contributed by atoms with Crippen LogP contribution in [0.1, 0.15) is 11.1 Å². The number of phenols is 1. The van der Waals surface area contributed by atoms with Crippen LogP contribution in [0.2, 0.25) is 5.02 Å². The first kappa shape index (κ1) is 11.8. The quantitative estimate of drug-likeness (QED) is 0.805. The first-order valence-corrected chi connectivity index (χ1v) is 5.81. The predicted octanol–water partition coefficient (Wildman–Crippen LogP) is 3.97. The number of benzene rings is 2. The Morgan fingerprint density at radius 3 is 2.53 bits per heavy atom. The maximum absolute atomic E-state index is 9.67. The van der Waals surface area contributed by atoms with Gasteiger partial charge in [-0.05, 0) is 42.3 Å². The number of nitrogens with one attached hydrogen (secondary N) is 1. The van der Waals surface area contributed by atoms with Crippen molar-refractivity contribution in [3.8, 4) is 5.75 Å². The van der Waals surface area contributed by atoms with Gasteiger partial charge in [0.25, 0.3) is 0 Å². The molecule has 0 atom stereocenters. The van der Waals surface area contributed by atoms with Crippen molar-refractivity contribution in [1.29, 1.82) is 0 Å². The van der Waals surface area contributed by atoms with Crippen molar-refractivity contribution in [2.24, 2.45) is 0 Å². The van der Waals surface area contributed by atoms with E-state index in [1.54, 1.807) is 6.07 Å². The van der Waals surface area contributed by atoms with E-state index < -0.39 is 0 Å². The number of anilines is 1. The second kappa shape index (κ2) is 5.11. The zero-order valence-electron chi connectivity index (χ0n) is 9.57. The summed E-state index contributed by atoms with van der Waals surface area (Å²) in [5, 5.41) is 13.6. The highest BCUT2D eigenvalue weighted by molar-refractivity contribution is 6.30. The number of hydrogen-bond donors (Lipinski definition) is 2. The van der Waals surface area contributed by atoms with Crippen LogP contribution in [-0.2, 0) is 6.54 Å². The van der Waals surface area contributed by atoms with Gasteiger partial charge in [0.2, 0.25) is 0 Å². The van der Waals surface area contributed by atoms with Crippen LogP contribution in [0.3, 0.4) is 0 Å². The second-order valence-electron chi connectivity index (χ2n) is 4.00. The number of aromatic hydroxyl groups is 1. The summed E-state index contributed by atoms with van der Waals surface area (Å²) in [5.74, 6) is 0.268. The average molecular weight is 248 g/mol. The van der Waals surface area contributed by atoms with Gasteiger partial charge >= 0.3 is 0 Å². The van der Waals surface area contributed by atoms with Crippen molar-refractivity contribution in [1.82, 2.24) is 0 Å². The minimum absolute atomic E-state index is 0.268. The van der Waals surface area contributed by atoms with Crippen molar-refractivity contribution in [2.45, 2.75) is 13.5 Å². The Bertz CT molecular complexity index is 508. The molecule has 2 N–H and O–H groups in total. The Morgan fingerprint density at radius 1 is 1.12 bits per heavy atom. The summed E-state index contributed by atoms with van der Waals surface area (Å²) in [6, 6.07) is 13.1. The van der Waals surface area contributed by atoms with Gasteiger partial charge in [-0.2, -0.15) is 0 Å². The van der Waals surface area contributed by atoms with Gasteiger partial charge in [-0.15, -0.1) is 0 Å². The van der Waals surface area contributed by atoms with E-state index in [4.69, 9.17) is 11.6 Å². The highest BCUT2D eigenvalue weighted by Crippen LogP contribution is 2.24. The summed E-state index contributed by atoms with van der Waals surface area (Å²) < 4.78 is 0. The molecule has 3 heteroatoms. The Morgan fingerprint density at radius 2 is 1.82 bits per heavy atom. The van der Waals surface area contributed by atoms with Gasteiger partial charge < -0.3 is 10.4 Å². The summed E-state index contributed by atoms with van der Waals surface area (Å²) >= 11 is 5.81. The fraction of sp³-hybridized carbons (Fsp3) is 0.143. The standard InChI is InChI=1S/C14H14ClNO/c1-10-2-7-14(17)13(8-10)16-9-11-3-5-12(15)6-4-11/h2-8,16-17H,9H2,1H3. The largest absolute Gasteiger partial charge is 0.506 e. The Labute approximate surface area is 106 Å². The third-order valence-electron chi connectivity index (χ3n) is 2.55. The van der Waals surface area contributed by atoms with E-state index in [9.17, 15) is 5.11 Å². The maximum Gasteiger partial charge on any atom is 0.138 e. The summed E-state index contributed by atoms with van der Waals surface area (Å²) in [6.07, 6.45) is 0. The number of phenolic OH excluding ortho intramolecular Hbond substituents is 1. The molecule has 0 aliphatic rings. The van der Waals surface area contributed by atoms with Crippen LogP contribution in [0.25, 0.3) is 0 Å². The molecule has 0 heterocycles. The normalized spacial score (nSPS) is 10.2. The summed E-state index contributed by atoms with van der Waals surface area (Å²) in [5.41, 5.74) is 2.98. The highest BCUT2D eigenvalue weighted by Gasteiger charge is 2.00. The SMILES string of the molecule is Cc1ccc(O)c(NCc2ccc(Cl)cc2)c1. The molecule has 0 saturated heterocycles. The molecule has 0 fully saturated rings. The van der Waals surface area contributed by atoms with Crippen LogP contribution in [0.5, 0.6) is 5.75 Å². The molecule has 0 unspecified atom stereocenters. The van der Waals surface area contributed by atoms with E-state index in [0.717, 1.165) is 21.8 Å². The molecular formula is C14H14ClNO. The molecule has 0 aromatic heterocycles. The number of aryl methyl sites for hydroxylation is 1. The molecule has 2 rings (SSSR count). The number of hydrogen-bond acceptors (Lipinski definition) is 2. The van der Waals surface area contributed by atoms with E-state index in [2.05, 4.69) is 5.32 Å². The first-order chi connectivity index (χ1) is 8.15. The molecule has 0 aliphatic heterocycles. The lowest BCUT2D eigenvalue weighted by molar-refractivity contribution is 0.477. The molecule has 88 valence electrons. The van der Waals surface area contributed by atoms with Gasteiger partial charge in [0, 0.05) is 11.6 Å². The second-order valence-corrected chi connectivity index (χ2v) is 4.44. The Kier molecular flexibility index (Phi) is 3.55. The zero-order chi connectivity index (χ0) is 12.3. The minimum atomic E-state index is 0.268. The van der Waals surface area contributed by atoms with Crippen LogP contribution in [0, 0.1) is 6.92 Å². The monoisotopic (exact) mass is 247 g/mol. The Balaban J connectivity index is 2.07. The van der Waals surface area contributed by atoms with Gasteiger partial charge in [-0.3, -0.25) is 0 Å². The molecular weight excluding hydrogens is 234 g/mol. The third kappa shape index (κ3) is 3.14. The Hall–Kier alpha value is -1.67. The van der Waals surface area contributed by atoms with Crippen LogP contribution in [-0.4, -0.2) is 5.11 Å². The maximum atomic E-state index is 9.67. The first-order valence-electron chi connectivity index (χ1n) is 5.43. The lowest BCUT2D eigenvalue weighted by atomic mass is 10.2. The molecule has 0 aliphatic carbocycles. The van der Waals surface area contributed by atoms with Gasteiger partial charge in [0.05, 0.1) is 5.69 Å². The van der Waals surface area contributed by atoms with E-state index in [1.807, 2.05) is 43.3 Å². The van der Waals surface area contributed by atoms with E-state index in [-0.39, 0.29) is 5.75 Å². The van der Waals surface area contributed by atoms with Gasteiger partial charge in [0.15, 0.2) is 0 Å². The lowest BCUT2D eigenvalue weighted by Gasteiger charge is -2.09. The molecule has 2 aromatic carbocycles. The van der Waals surface area contributed by atoms with Crippen molar-refractivity contribution in [3.05, 3.63) is 58.6 Å². The molecule has 17 heavy (non-hydrogen) atoms. The number of rotatable bonds is 3. The van der Waals surface area contributed by atoms with E-state index >= 15 is 0 Å². The number of halogens is 1. The van der Waals surface area contributed by atoms with Crippen molar-refractivity contribution >= 4 is 17.3 Å². The zero-order valence-corrected chi connectivity index (χ0v) is 10.3. The van der Waals surface area contributed by atoms with Crippen molar-refractivity contribution < 1.29 is 5.11 Å². The van der Waals surface area contributed by atoms with Crippen LogP contribution in [0.4, 0.5) is 5.69 Å². The predicted molar refractivity (Wildman–Crippen MR) is 71.6 cm³/mol. The van der Waals surface area contributed by atoms with Gasteiger partial charge in [-0.25, -0.2) is 0 Å². The van der Waals surface area contributed by atoms with E-state index in [1.165, 1.54) is 0 Å². The van der Waals surface area contributed by atoms with Crippen LogP contribution in [0.15, 0.2) is 42.5 Å². The minimum Gasteiger partial charge on any atom is -0.506 e. The topological polar surface area (TPSA) is 32.3 Å². The fourth-order valence-corrected chi connectivity index (χ4v) is 1.72. The fourth-order valence-electron chi connectivity index (χ4n) is 1.59. The molecule has 0 spiro atoms. The van der Waals surface area contributed by atoms with Gasteiger partial charge in [-0.1, -0.05) is 29.8 Å².